The summed E-state index contributed by atoms with van der Waals surface area (Å²) in [5, 5.41) is 31.9. The van der Waals surface area contributed by atoms with Gasteiger partial charge < -0.3 is 15.5 Å². The summed E-state index contributed by atoms with van der Waals surface area (Å²) >= 11 is 1.24. The van der Waals surface area contributed by atoms with Crippen molar-refractivity contribution in [2.45, 2.75) is 6.18 Å². The Morgan fingerprint density at radius 1 is 0.971 bits per heavy atom. The largest absolute Gasteiger partial charge is 0.507 e. The zero-order valence-electron chi connectivity index (χ0n) is 17.1. The average Bonchev–Trinajstić information content (AvgIpc) is 3.27. The lowest BCUT2D eigenvalue weighted by atomic mass is 10.1. The maximum Gasteiger partial charge on any atom is 0.416 e. The topological polar surface area (TPSA) is 107 Å². The van der Waals surface area contributed by atoms with Crippen LogP contribution >= 0.6 is 11.3 Å². The highest BCUT2D eigenvalue weighted by Crippen LogP contribution is 2.33. The number of carbonyl (C=O) groups is 1. The van der Waals surface area contributed by atoms with Crippen molar-refractivity contribution in [3.63, 3.8) is 0 Å². The van der Waals surface area contributed by atoms with Gasteiger partial charge >= 0.3 is 12.1 Å². The van der Waals surface area contributed by atoms with E-state index >= 15 is 0 Å². The summed E-state index contributed by atoms with van der Waals surface area (Å²) in [6.07, 6.45) is -4.43. The van der Waals surface area contributed by atoms with Gasteiger partial charge in [-0.05, 0) is 48.5 Å². The van der Waals surface area contributed by atoms with Crippen molar-refractivity contribution < 1.29 is 28.2 Å². The van der Waals surface area contributed by atoms with Crippen LogP contribution in [0.1, 0.15) is 15.9 Å². The molecule has 0 amide bonds. The van der Waals surface area contributed by atoms with Crippen LogP contribution in [0, 0.1) is 0 Å². The van der Waals surface area contributed by atoms with Gasteiger partial charge in [0.25, 0.3) is 0 Å². The van der Waals surface area contributed by atoms with E-state index in [0.29, 0.717) is 22.1 Å². The Bertz CT molecular complexity index is 1390. The van der Waals surface area contributed by atoms with Crippen molar-refractivity contribution >= 4 is 39.5 Å². The summed E-state index contributed by atoms with van der Waals surface area (Å²) in [6.45, 7) is 0. The first-order valence-electron chi connectivity index (χ1n) is 9.67. The number of anilines is 2. The number of nitrogens with one attached hydrogen (secondary N) is 1. The van der Waals surface area contributed by atoms with Crippen LogP contribution in [-0.4, -0.2) is 21.2 Å². The highest BCUT2D eigenvalue weighted by Gasteiger charge is 2.30. The maximum absolute atomic E-state index is 12.9. The van der Waals surface area contributed by atoms with Crippen LogP contribution in [0.2, 0.25) is 0 Å². The van der Waals surface area contributed by atoms with E-state index in [9.17, 15) is 23.1 Å². The molecule has 0 spiro atoms. The summed E-state index contributed by atoms with van der Waals surface area (Å²) in [5.41, 5.74) is 1.26. The lowest BCUT2D eigenvalue weighted by molar-refractivity contribution is -0.137. The molecule has 0 saturated heterocycles. The van der Waals surface area contributed by atoms with Crippen molar-refractivity contribution in [1.82, 2.24) is 4.98 Å². The second kappa shape index (κ2) is 9.32. The molecular weight excluding hydrogens is 469 g/mol. The maximum atomic E-state index is 12.9. The Morgan fingerprint density at radius 3 is 2.44 bits per heavy atom. The molecule has 0 saturated carbocycles. The zero-order valence-corrected chi connectivity index (χ0v) is 17.9. The van der Waals surface area contributed by atoms with Gasteiger partial charge in [0.05, 0.1) is 22.6 Å². The fourth-order valence-electron chi connectivity index (χ4n) is 2.96. The lowest BCUT2D eigenvalue weighted by Crippen LogP contribution is -2.05. The molecule has 1 aromatic heterocycles. The Labute approximate surface area is 194 Å². The summed E-state index contributed by atoms with van der Waals surface area (Å²) in [6, 6.07) is 15.7. The molecule has 11 heteroatoms. The standard InChI is InChI=1S/C23H15F3N4O3S/c24-23(25,26)14-4-2-5-15(10-14)27-22-28-19(12-34-22)13-3-1-6-16(9-13)29-30-17-7-8-20(31)18(11-17)21(32)33/h1-12,31H,(H,27,28)(H,32,33). The number of hydrogen-bond acceptors (Lipinski definition) is 7. The van der Waals surface area contributed by atoms with E-state index < -0.39 is 17.7 Å². The van der Waals surface area contributed by atoms with Crippen molar-refractivity contribution in [2.75, 3.05) is 5.32 Å². The van der Waals surface area contributed by atoms with Crippen LogP contribution < -0.4 is 5.32 Å². The number of alkyl halides is 3. The minimum Gasteiger partial charge on any atom is -0.507 e. The monoisotopic (exact) mass is 484 g/mol. The Kier molecular flexibility index (Phi) is 6.28. The number of carboxylic acids is 1. The number of nitrogens with zero attached hydrogens (tertiary/aromatic N) is 3. The van der Waals surface area contributed by atoms with Gasteiger partial charge in [0.2, 0.25) is 0 Å². The predicted molar refractivity (Wildman–Crippen MR) is 122 cm³/mol. The minimum absolute atomic E-state index is 0.252. The van der Waals surface area contributed by atoms with Gasteiger partial charge in [0.1, 0.15) is 11.3 Å². The van der Waals surface area contributed by atoms with Gasteiger partial charge in [-0.3, -0.25) is 0 Å². The molecule has 0 unspecified atom stereocenters. The van der Waals surface area contributed by atoms with E-state index in [0.717, 1.165) is 12.1 Å². The summed E-state index contributed by atoms with van der Waals surface area (Å²) < 4.78 is 38.8. The first-order valence-corrected chi connectivity index (χ1v) is 10.6. The van der Waals surface area contributed by atoms with Gasteiger partial charge in [-0.2, -0.15) is 23.4 Å². The number of phenols is 1. The van der Waals surface area contributed by atoms with Gasteiger partial charge in [0.15, 0.2) is 5.13 Å². The van der Waals surface area contributed by atoms with Crippen LogP contribution in [0.15, 0.2) is 82.3 Å². The molecule has 4 rings (SSSR count). The van der Waals surface area contributed by atoms with Crippen molar-refractivity contribution in [3.05, 3.63) is 83.2 Å². The van der Waals surface area contributed by atoms with Crippen LogP contribution in [0.3, 0.4) is 0 Å². The predicted octanol–water partition coefficient (Wildman–Crippen LogP) is 7.39. The summed E-state index contributed by atoms with van der Waals surface area (Å²) in [7, 11) is 0. The molecule has 3 aromatic carbocycles. The number of azo groups is 1. The molecule has 0 aliphatic carbocycles. The van der Waals surface area contributed by atoms with Gasteiger partial charge in [-0.15, -0.1) is 11.3 Å². The molecular formula is C23H15F3N4O3S. The minimum atomic E-state index is -4.43. The van der Waals surface area contributed by atoms with E-state index in [1.54, 1.807) is 29.6 Å². The highest BCUT2D eigenvalue weighted by atomic mass is 32.1. The highest BCUT2D eigenvalue weighted by molar-refractivity contribution is 7.14. The van der Waals surface area contributed by atoms with Gasteiger partial charge in [-0.25, -0.2) is 9.78 Å². The molecule has 0 radical (unpaired) electrons. The van der Waals surface area contributed by atoms with E-state index in [2.05, 4.69) is 20.5 Å². The van der Waals surface area contributed by atoms with Crippen molar-refractivity contribution in [1.29, 1.82) is 0 Å². The fourth-order valence-corrected chi connectivity index (χ4v) is 3.70. The number of rotatable bonds is 6. The van der Waals surface area contributed by atoms with Crippen LogP contribution in [0.25, 0.3) is 11.3 Å². The van der Waals surface area contributed by atoms with Gasteiger partial charge in [-0.1, -0.05) is 18.2 Å². The quantitative estimate of drug-likeness (QED) is 0.247. The first-order chi connectivity index (χ1) is 16.2. The molecule has 0 atom stereocenters. The Morgan fingerprint density at radius 2 is 1.71 bits per heavy atom. The smallest absolute Gasteiger partial charge is 0.416 e. The van der Waals surface area contributed by atoms with Crippen LogP contribution in [0.5, 0.6) is 5.75 Å². The third-order valence-electron chi connectivity index (χ3n) is 4.58. The Hall–Kier alpha value is -4.25. The summed E-state index contributed by atoms with van der Waals surface area (Å²) in [4.78, 5) is 15.6. The molecule has 7 nitrogen and oxygen atoms in total. The van der Waals surface area contributed by atoms with E-state index in [4.69, 9.17) is 5.11 Å². The average molecular weight is 484 g/mol. The number of hydrogen-bond donors (Lipinski definition) is 3. The number of aromatic carboxylic acids is 1. The molecule has 3 N–H and O–H groups in total. The molecule has 172 valence electrons. The summed E-state index contributed by atoms with van der Waals surface area (Å²) in [5.74, 6) is -1.65. The van der Waals surface area contributed by atoms with E-state index in [1.165, 1.54) is 41.7 Å². The molecule has 34 heavy (non-hydrogen) atoms. The number of carboxylic acid groups (broad SMARTS) is 1. The van der Waals surface area contributed by atoms with Crippen LogP contribution in [0.4, 0.5) is 35.4 Å². The second-order valence-corrected chi connectivity index (χ2v) is 7.86. The molecule has 0 bridgehead atoms. The lowest BCUT2D eigenvalue weighted by Gasteiger charge is -2.08. The Balaban J connectivity index is 1.51. The zero-order chi connectivity index (χ0) is 24.3. The molecule has 0 aliphatic rings. The SMILES string of the molecule is O=C(O)c1cc(N=Nc2cccc(-c3csc(Nc4cccc(C(F)(F)F)c4)n3)c2)ccc1O. The number of thiazole rings is 1. The van der Waals surface area contributed by atoms with E-state index in [1.807, 2.05) is 0 Å². The molecule has 1 heterocycles. The van der Waals surface area contributed by atoms with E-state index in [-0.39, 0.29) is 22.7 Å². The van der Waals surface area contributed by atoms with Crippen molar-refractivity contribution in [3.8, 4) is 17.0 Å². The fraction of sp³-hybridized carbons (Fsp3) is 0.0435. The number of aromatic nitrogens is 1. The number of aromatic hydroxyl groups is 1. The second-order valence-electron chi connectivity index (χ2n) is 7.00. The molecule has 0 fully saturated rings. The number of halogens is 3. The number of benzene rings is 3. The first kappa shape index (κ1) is 22.9. The third-order valence-corrected chi connectivity index (χ3v) is 5.34. The third kappa shape index (κ3) is 5.38. The molecule has 0 aliphatic heterocycles. The van der Waals surface area contributed by atoms with Crippen LogP contribution in [-0.2, 0) is 6.18 Å². The van der Waals surface area contributed by atoms with Crippen molar-refractivity contribution in [2.24, 2.45) is 10.2 Å². The normalized spacial score (nSPS) is 11.6. The molecule has 4 aromatic rings. The van der Waals surface area contributed by atoms with Gasteiger partial charge in [0, 0.05) is 16.6 Å².